The number of aromatic nitrogens is 4. The molecule has 0 bridgehead atoms. The summed E-state index contributed by atoms with van der Waals surface area (Å²) < 4.78 is 81.2. The van der Waals surface area contributed by atoms with Gasteiger partial charge in [-0.25, -0.2) is 13.8 Å². The molecule has 2 aromatic heterocycles. The maximum atomic E-state index is 14.8. The highest BCUT2D eigenvalue weighted by Crippen LogP contribution is 2.51. The van der Waals surface area contributed by atoms with Crippen LogP contribution in [0.3, 0.4) is 0 Å². The third-order valence-corrected chi connectivity index (χ3v) is 9.40. The molecular weight excluding hydrogens is 643 g/mol. The second-order valence-electron chi connectivity index (χ2n) is 12.6. The fraction of sp³-hybridized carbons (Fsp3) is 0.394. The van der Waals surface area contributed by atoms with E-state index in [4.69, 9.17) is 21.1 Å². The summed E-state index contributed by atoms with van der Waals surface area (Å²) in [6, 6.07) is 11.0. The topological polar surface area (TPSA) is 100.0 Å². The van der Waals surface area contributed by atoms with E-state index >= 15 is 0 Å². The number of likely N-dealkylation sites (tertiary alicyclic amines) is 1. The smallest absolute Gasteiger partial charge is 0.444 e. The number of aromatic amines is 1. The Labute approximate surface area is 271 Å². The minimum absolute atomic E-state index is 0.0617. The number of benzene rings is 2. The lowest BCUT2D eigenvalue weighted by Gasteiger charge is -2.33. The number of halogens is 6. The number of ether oxygens (including phenoxy) is 2. The summed E-state index contributed by atoms with van der Waals surface area (Å²) in [5, 5.41) is 15.6. The first-order valence-corrected chi connectivity index (χ1v) is 15.5. The average Bonchev–Trinajstić information content (AvgIpc) is 3.43. The Kier molecular flexibility index (Phi) is 7.63. The van der Waals surface area contributed by atoms with Crippen molar-refractivity contribution in [2.45, 2.75) is 63.5 Å². The number of alkyl halides is 3. The van der Waals surface area contributed by atoms with E-state index in [1.165, 1.54) is 36.5 Å². The third kappa shape index (κ3) is 6.12. The molecule has 14 heteroatoms. The van der Waals surface area contributed by atoms with Crippen molar-refractivity contribution in [2.24, 2.45) is 5.41 Å². The first-order chi connectivity index (χ1) is 22.3. The molecule has 2 aliphatic heterocycles. The number of hydrogen-bond donors (Lipinski definition) is 1. The minimum atomic E-state index is -4.66. The Morgan fingerprint density at radius 3 is 2.53 bits per heavy atom. The van der Waals surface area contributed by atoms with Gasteiger partial charge in [0.1, 0.15) is 11.6 Å². The lowest BCUT2D eigenvalue weighted by atomic mass is 9.88. The van der Waals surface area contributed by atoms with Gasteiger partial charge in [0, 0.05) is 41.9 Å². The minimum Gasteiger partial charge on any atom is -0.444 e. The van der Waals surface area contributed by atoms with Crippen LogP contribution in [0.1, 0.15) is 66.7 Å². The Hall–Kier alpha value is -4.28. The van der Waals surface area contributed by atoms with E-state index in [0.717, 1.165) is 24.1 Å². The Morgan fingerprint density at radius 1 is 1.11 bits per heavy atom. The number of nitrogens with one attached hydrogen (secondary N) is 1. The number of hydrogen-bond acceptors (Lipinski definition) is 7. The molecule has 2 aromatic carbocycles. The van der Waals surface area contributed by atoms with Crippen LogP contribution >= 0.6 is 11.6 Å². The first-order valence-electron chi connectivity index (χ1n) is 15.1. The van der Waals surface area contributed by atoms with Crippen molar-refractivity contribution in [3.63, 3.8) is 0 Å². The van der Waals surface area contributed by atoms with Crippen LogP contribution in [0.4, 0.5) is 22.0 Å². The zero-order valence-corrected chi connectivity index (χ0v) is 25.9. The number of H-pyrrole nitrogens is 1. The summed E-state index contributed by atoms with van der Waals surface area (Å²) in [6.07, 6.45) is 0.0267. The average molecular weight is 671 g/mol. The van der Waals surface area contributed by atoms with Crippen LogP contribution in [0.2, 0.25) is 5.02 Å². The summed E-state index contributed by atoms with van der Waals surface area (Å²) in [5.74, 6) is -3.38. The van der Waals surface area contributed by atoms with Gasteiger partial charge in [0.15, 0.2) is 17.3 Å². The highest BCUT2D eigenvalue weighted by Gasteiger charge is 2.45. The van der Waals surface area contributed by atoms with Crippen molar-refractivity contribution >= 4 is 11.6 Å². The summed E-state index contributed by atoms with van der Waals surface area (Å²) in [5.41, 5.74) is 2.10. The Balaban J connectivity index is 1.08. The van der Waals surface area contributed by atoms with Crippen LogP contribution in [-0.2, 0) is 24.9 Å². The number of nitrogens with zero attached hydrogens (tertiary/aromatic N) is 5. The second-order valence-corrected chi connectivity index (χ2v) is 13.0. The molecule has 2 fully saturated rings. The van der Waals surface area contributed by atoms with E-state index in [1.54, 1.807) is 13.0 Å². The fourth-order valence-corrected chi connectivity index (χ4v) is 6.56. The fourth-order valence-electron chi connectivity index (χ4n) is 6.40. The van der Waals surface area contributed by atoms with Gasteiger partial charge >= 0.3 is 6.18 Å². The zero-order valence-electron chi connectivity index (χ0n) is 25.1. The quantitative estimate of drug-likeness (QED) is 0.201. The number of rotatable bonds is 7. The van der Waals surface area contributed by atoms with E-state index < -0.39 is 34.8 Å². The van der Waals surface area contributed by atoms with Crippen LogP contribution in [0.5, 0.6) is 11.5 Å². The lowest BCUT2D eigenvalue weighted by Crippen LogP contribution is -2.34. The van der Waals surface area contributed by atoms with Gasteiger partial charge in [-0.15, -0.1) is 0 Å². The molecule has 0 spiro atoms. The summed E-state index contributed by atoms with van der Waals surface area (Å²) in [4.78, 5) is 10.4. The summed E-state index contributed by atoms with van der Waals surface area (Å²) >= 11 is 5.93. The molecule has 0 radical (unpaired) electrons. The van der Waals surface area contributed by atoms with E-state index in [0.29, 0.717) is 55.8 Å². The molecule has 8 nitrogen and oxygen atoms in total. The maximum absolute atomic E-state index is 14.8. The zero-order chi connectivity index (χ0) is 33.1. The molecule has 0 unspecified atom stereocenters. The molecule has 1 atom stereocenters. The van der Waals surface area contributed by atoms with Crippen molar-refractivity contribution in [2.75, 3.05) is 13.1 Å². The van der Waals surface area contributed by atoms with Crippen molar-refractivity contribution in [3.05, 3.63) is 87.5 Å². The number of pyridine rings is 1. The molecule has 1 N–H and O–H groups in total. The van der Waals surface area contributed by atoms with Gasteiger partial charge in [-0.3, -0.25) is 15.0 Å². The van der Waals surface area contributed by atoms with E-state index in [1.807, 2.05) is 5.10 Å². The van der Waals surface area contributed by atoms with E-state index in [2.05, 4.69) is 26.0 Å². The molecular formula is C33H28ClF5N6O2. The Morgan fingerprint density at radius 2 is 1.87 bits per heavy atom. The van der Waals surface area contributed by atoms with E-state index in [9.17, 15) is 27.2 Å². The van der Waals surface area contributed by atoms with Crippen LogP contribution in [0, 0.1) is 28.4 Å². The maximum Gasteiger partial charge on any atom is 0.451 e. The molecule has 0 amide bonds. The summed E-state index contributed by atoms with van der Waals surface area (Å²) in [6.45, 7) is 3.32. The van der Waals surface area contributed by atoms with Crippen molar-refractivity contribution in [1.82, 2.24) is 25.1 Å². The van der Waals surface area contributed by atoms with Crippen molar-refractivity contribution in [3.8, 4) is 29.0 Å². The van der Waals surface area contributed by atoms with Crippen LogP contribution in [-0.4, -0.2) is 38.2 Å². The Bertz CT molecular complexity index is 1900. The molecule has 1 saturated carbocycles. The van der Waals surface area contributed by atoms with Crippen molar-refractivity contribution < 1.29 is 31.4 Å². The lowest BCUT2D eigenvalue weighted by molar-refractivity contribution is -0.144. The van der Waals surface area contributed by atoms with Gasteiger partial charge in [-0.05, 0) is 87.0 Å². The van der Waals surface area contributed by atoms with Gasteiger partial charge in [0.25, 0.3) is 5.79 Å². The molecule has 3 aliphatic rings. The molecule has 4 aromatic rings. The van der Waals surface area contributed by atoms with Crippen LogP contribution in [0.25, 0.3) is 11.4 Å². The van der Waals surface area contributed by atoms with Gasteiger partial charge in [0.2, 0.25) is 5.82 Å². The SMILES string of the molecule is C[C@@]1(c2ccc(Cl)cc2F)Oc2cc(F)cc(C3CCN(Cc4ncc(-c5n[nH]c(C(F)(F)F)n5)cc4CC4(C#N)CC4)CC3)c2O1. The number of nitriles is 1. The normalized spacial score (nSPS) is 20.7. The molecule has 1 aliphatic carbocycles. The van der Waals surface area contributed by atoms with Gasteiger partial charge < -0.3 is 9.47 Å². The van der Waals surface area contributed by atoms with Crippen LogP contribution < -0.4 is 9.47 Å². The van der Waals surface area contributed by atoms with Crippen LogP contribution in [0.15, 0.2) is 42.6 Å². The molecule has 4 heterocycles. The predicted octanol–water partition coefficient (Wildman–Crippen LogP) is 7.69. The predicted molar refractivity (Wildman–Crippen MR) is 159 cm³/mol. The van der Waals surface area contributed by atoms with Crippen molar-refractivity contribution in [1.29, 1.82) is 5.26 Å². The second kappa shape index (κ2) is 11.5. The highest BCUT2D eigenvalue weighted by atomic mass is 35.5. The van der Waals surface area contributed by atoms with Gasteiger partial charge in [0.05, 0.1) is 22.7 Å². The molecule has 47 heavy (non-hydrogen) atoms. The third-order valence-electron chi connectivity index (χ3n) is 9.16. The first kappa shape index (κ1) is 31.3. The van der Waals surface area contributed by atoms with Gasteiger partial charge in [-0.2, -0.15) is 23.5 Å². The monoisotopic (exact) mass is 670 g/mol. The van der Waals surface area contributed by atoms with E-state index in [-0.39, 0.29) is 28.1 Å². The molecule has 1 saturated heterocycles. The number of piperidine rings is 1. The highest BCUT2D eigenvalue weighted by molar-refractivity contribution is 6.30. The van der Waals surface area contributed by atoms with Gasteiger partial charge in [-0.1, -0.05) is 11.6 Å². The standard InChI is InChI=1S/C33H28ClF5N6O2/c1-31(24-3-2-21(34)11-25(24)36)46-27-13-22(35)12-23(28(27)47-31)18-4-8-45(9-5-18)16-26-19(14-32(17-40)6-7-32)10-20(15-41-26)29-42-30(44-43-29)33(37,38)39/h2-3,10-13,15,18H,4-9,14,16H2,1H3,(H,42,43,44)/t31-/m1/s1. The largest absolute Gasteiger partial charge is 0.451 e. The molecule has 244 valence electrons. The summed E-state index contributed by atoms with van der Waals surface area (Å²) in [7, 11) is 0. The number of fused-ring (bicyclic) bond motifs is 1. The molecule has 7 rings (SSSR count).